The topological polar surface area (TPSA) is 49.3 Å². The molecule has 3 nitrogen and oxygen atoms in total. The predicted molar refractivity (Wildman–Crippen MR) is 82.5 cm³/mol. The molecule has 1 aromatic carbocycles. The number of hydrogen-bond acceptors (Lipinski definition) is 2. The summed E-state index contributed by atoms with van der Waals surface area (Å²) in [6.07, 6.45) is 5.59. The smallest absolute Gasteiger partial charge is 0.243 e. The fourth-order valence-corrected chi connectivity index (χ4v) is 1.57. The van der Waals surface area contributed by atoms with Crippen molar-refractivity contribution >= 4 is 17.5 Å². The number of nitrogens with one attached hydrogen (secondary N) is 1. The summed E-state index contributed by atoms with van der Waals surface area (Å²) >= 11 is 5.77. The molecule has 0 heterocycles. The summed E-state index contributed by atoms with van der Waals surface area (Å²) in [5.74, 6) is 0.291. The molecule has 0 spiro atoms. The van der Waals surface area contributed by atoms with Crippen LogP contribution in [0.3, 0.4) is 0 Å². The van der Waals surface area contributed by atoms with Crippen LogP contribution in [0.25, 0.3) is 0 Å². The normalized spacial score (nSPS) is 13.2. The molecule has 0 saturated heterocycles. The van der Waals surface area contributed by atoms with Gasteiger partial charge in [0.1, 0.15) is 0 Å². The number of aliphatic hydroxyl groups is 1. The Morgan fingerprint density at radius 2 is 1.95 bits per heavy atom. The van der Waals surface area contributed by atoms with Crippen LogP contribution in [-0.2, 0) is 4.79 Å². The maximum atomic E-state index is 11.4. The van der Waals surface area contributed by atoms with E-state index in [1.54, 1.807) is 42.5 Å². The van der Waals surface area contributed by atoms with Crippen molar-refractivity contribution in [1.82, 2.24) is 5.32 Å². The van der Waals surface area contributed by atoms with Crippen molar-refractivity contribution in [3.63, 3.8) is 0 Å². The molecule has 1 rings (SSSR count). The summed E-state index contributed by atoms with van der Waals surface area (Å²) in [7, 11) is 0. The third kappa shape index (κ3) is 6.55. The van der Waals surface area contributed by atoms with Gasteiger partial charge >= 0.3 is 0 Å². The number of allylic oxidation sites excluding steroid dienone is 2. The van der Waals surface area contributed by atoms with Crippen LogP contribution in [0, 0.1) is 5.92 Å². The standard InChI is InChI=1S/C16H20ClNO2/c1-12(2)11-18-16(20)6-4-3-5-15(19)13-7-9-14(17)10-8-13/h3-10,12,15,19H,11H2,1-2H3,(H,18,20)/b5-3-,6-4+. The van der Waals surface area contributed by atoms with Gasteiger partial charge in [-0.05, 0) is 23.6 Å². The molecule has 0 aliphatic carbocycles. The molecule has 0 aliphatic rings. The largest absolute Gasteiger partial charge is 0.384 e. The SMILES string of the molecule is CC(C)CNC(=O)/C=C/C=C\C(O)c1ccc(Cl)cc1. The number of carbonyl (C=O) groups is 1. The Bertz CT molecular complexity index is 478. The van der Waals surface area contributed by atoms with Crippen molar-refractivity contribution in [2.24, 2.45) is 5.92 Å². The Kier molecular flexibility index (Phi) is 7.05. The van der Waals surface area contributed by atoms with Crippen LogP contribution < -0.4 is 5.32 Å². The third-order valence-corrected chi connectivity index (χ3v) is 2.80. The third-order valence-electron chi connectivity index (χ3n) is 2.55. The van der Waals surface area contributed by atoms with E-state index in [0.717, 1.165) is 5.56 Å². The second-order valence-corrected chi connectivity index (χ2v) is 5.32. The van der Waals surface area contributed by atoms with Crippen molar-refractivity contribution in [2.75, 3.05) is 6.54 Å². The number of halogens is 1. The van der Waals surface area contributed by atoms with Gasteiger partial charge in [0.25, 0.3) is 0 Å². The lowest BCUT2D eigenvalue weighted by atomic mass is 10.1. The highest BCUT2D eigenvalue weighted by atomic mass is 35.5. The van der Waals surface area contributed by atoms with Crippen LogP contribution in [0.4, 0.5) is 0 Å². The Morgan fingerprint density at radius 1 is 1.30 bits per heavy atom. The highest BCUT2D eigenvalue weighted by Gasteiger charge is 2.01. The molecule has 1 unspecified atom stereocenters. The molecule has 1 aromatic rings. The average molecular weight is 294 g/mol. The van der Waals surface area contributed by atoms with Gasteiger partial charge < -0.3 is 10.4 Å². The van der Waals surface area contributed by atoms with Gasteiger partial charge in [0.05, 0.1) is 6.10 Å². The van der Waals surface area contributed by atoms with Crippen molar-refractivity contribution in [3.05, 3.63) is 59.2 Å². The number of benzene rings is 1. The zero-order chi connectivity index (χ0) is 15.0. The van der Waals surface area contributed by atoms with Gasteiger partial charge in [0, 0.05) is 17.6 Å². The van der Waals surface area contributed by atoms with Crippen LogP contribution >= 0.6 is 11.6 Å². The molecule has 20 heavy (non-hydrogen) atoms. The van der Waals surface area contributed by atoms with E-state index in [0.29, 0.717) is 17.5 Å². The summed E-state index contributed by atoms with van der Waals surface area (Å²) in [6.45, 7) is 4.72. The molecular weight excluding hydrogens is 274 g/mol. The minimum atomic E-state index is -0.712. The van der Waals surface area contributed by atoms with Gasteiger partial charge in [-0.2, -0.15) is 0 Å². The molecule has 2 N–H and O–H groups in total. The van der Waals surface area contributed by atoms with E-state index in [4.69, 9.17) is 11.6 Å². The molecule has 0 saturated carbocycles. The Morgan fingerprint density at radius 3 is 2.55 bits per heavy atom. The highest BCUT2D eigenvalue weighted by Crippen LogP contribution is 2.17. The van der Waals surface area contributed by atoms with E-state index in [1.807, 2.05) is 13.8 Å². The number of rotatable bonds is 6. The van der Waals surface area contributed by atoms with Crippen LogP contribution in [0.15, 0.2) is 48.6 Å². The first-order valence-corrected chi connectivity index (χ1v) is 6.93. The van der Waals surface area contributed by atoms with E-state index < -0.39 is 6.10 Å². The predicted octanol–water partition coefficient (Wildman–Crippen LogP) is 3.26. The van der Waals surface area contributed by atoms with Gasteiger partial charge in [-0.1, -0.05) is 55.8 Å². The fraction of sp³-hybridized carbons (Fsp3) is 0.312. The quantitative estimate of drug-likeness (QED) is 0.625. The van der Waals surface area contributed by atoms with E-state index in [2.05, 4.69) is 5.32 Å². The molecule has 0 aromatic heterocycles. The van der Waals surface area contributed by atoms with Crippen LogP contribution in [0.2, 0.25) is 5.02 Å². The zero-order valence-corrected chi connectivity index (χ0v) is 12.5. The first-order valence-electron chi connectivity index (χ1n) is 6.55. The fourth-order valence-electron chi connectivity index (χ4n) is 1.45. The Hall–Kier alpha value is -1.58. The molecule has 1 amide bonds. The molecule has 0 bridgehead atoms. The second-order valence-electron chi connectivity index (χ2n) is 4.88. The van der Waals surface area contributed by atoms with Crippen molar-refractivity contribution in [2.45, 2.75) is 20.0 Å². The van der Waals surface area contributed by atoms with Gasteiger partial charge in [0.2, 0.25) is 5.91 Å². The van der Waals surface area contributed by atoms with Crippen LogP contribution in [0.5, 0.6) is 0 Å². The van der Waals surface area contributed by atoms with Crippen LogP contribution in [0.1, 0.15) is 25.5 Å². The highest BCUT2D eigenvalue weighted by molar-refractivity contribution is 6.30. The Labute approximate surface area is 125 Å². The first-order chi connectivity index (χ1) is 9.49. The summed E-state index contributed by atoms with van der Waals surface area (Å²) in [5, 5.41) is 13.3. The van der Waals surface area contributed by atoms with E-state index in [-0.39, 0.29) is 5.91 Å². The maximum absolute atomic E-state index is 11.4. The minimum absolute atomic E-state index is 0.135. The van der Waals surface area contributed by atoms with Gasteiger partial charge in [0.15, 0.2) is 0 Å². The first kappa shape index (κ1) is 16.5. The summed E-state index contributed by atoms with van der Waals surface area (Å²) in [5.41, 5.74) is 0.753. The summed E-state index contributed by atoms with van der Waals surface area (Å²) in [6, 6.07) is 6.97. The molecular formula is C16H20ClNO2. The van der Waals surface area contributed by atoms with Crippen LogP contribution in [-0.4, -0.2) is 17.6 Å². The lowest BCUT2D eigenvalue weighted by Gasteiger charge is -2.05. The minimum Gasteiger partial charge on any atom is -0.384 e. The molecule has 0 fully saturated rings. The van der Waals surface area contributed by atoms with E-state index >= 15 is 0 Å². The van der Waals surface area contributed by atoms with Crippen molar-refractivity contribution < 1.29 is 9.90 Å². The lowest BCUT2D eigenvalue weighted by Crippen LogP contribution is -2.25. The number of aliphatic hydroxyl groups excluding tert-OH is 1. The molecule has 4 heteroatoms. The lowest BCUT2D eigenvalue weighted by molar-refractivity contribution is -0.116. The van der Waals surface area contributed by atoms with E-state index in [1.165, 1.54) is 6.08 Å². The van der Waals surface area contributed by atoms with Gasteiger partial charge in [-0.25, -0.2) is 0 Å². The van der Waals surface area contributed by atoms with Gasteiger partial charge in [-0.15, -0.1) is 0 Å². The molecule has 1 atom stereocenters. The maximum Gasteiger partial charge on any atom is 0.243 e. The zero-order valence-electron chi connectivity index (χ0n) is 11.7. The molecule has 0 radical (unpaired) electrons. The van der Waals surface area contributed by atoms with E-state index in [9.17, 15) is 9.90 Å². The Balaban J connectivity index is 2.43. The van der Waals surface area contributed by atoms with Crippen molar-refractivity contribution in [1.29, 1.82) is 0 Å². The summed E-state index contributed by atoms with van der Waals surface area (Å²) < 4.78 is 0. The second kappa shape index (κ2) is 8.56. The van der Waals surface area contributed by atoms with Gasteiger partial charge in [-0.3, -0.25) is 4.79 Å². The number of amides is 1. The number of hydrogen-bond donors (Lipinski definition) is 2. The monoisotopic (exact) mass is 293 g/mol. The average Bonchev–Trinajstić information content (AvgIpc) is 2.42. The van der Waals surface area contributed by atoms with Crippen molar-refractivity contribution in [3.8, 4) is 0 Å². The number of carbonyl (C=O) groups excluding carboxylic acids is 1. The molecule has 108 valence electrons. The summed E-state index contributed by atoms with van der Waals surface area (Å²) in [4.78, 5) is 11.4. The molecule has 0 aliphatic heterocycles.